The Bertz CT molecular complexity index is 174. The highest BCUT2D eigenvalue weighted by atomic mass is 19.3. The Kier molecular flexibility index (Phi) is 6.41. The van der Waals surface area contributed by atoms with Gasteiger partial charge in [0.05, 0.1) is 0 Å². The van der Waals surface area contributed by atoms with Gasteiger partial charge in [-0.3, -0.25) is 4.79 Å². The van der Waals surface area contributed by atoms with Crippen molar-refractivity contribution < 1.29 is 13.6 Å². The predicted octanol–water partition coefficient (Wildman–Crippen LogP) is 2.58. The van der Waals surface area contributed by atoms with Crippen molar-refractivity contribution in [2.45, 2.75) is 52.5 Å². The lowest BCUT2D eigenvalue weighted by Gasteiger charge is -2.11. The molecule has 2 nitrogen and oxygen atoms in total. The maximum absolute atomic E-state index is 11.8. The van der Waals surface area contributed by atoms with Crippen molar-refractivity contribution in [3.8, 4) is 0 Å². The molecule has 1 N–H and O–H groups in total. The number of carbonyl (C=O) groups is 1. The van der Waals surface area contributed by atoms with E-state index in [2.05, 4.69) is 12.2 Å². The molecule has 4 heteroatoms. The van der Waals surface area contributed by atoms with Gasteiger partial charge >= 0.3 is 6.43 Å². The summed E-state index contributed by atoms with van der Waals surface area (Å²) in [6, 6.07) is -0.0264. The molecule has 2 atom stereocenters. The Hall–Kier alpha value is -0.670. The molecular weight excluding hydrogens is 188 g/mol. The number of hydrogen-bond donors (Lipinski definition) is 1. The first-order chi connectivity index (χ1) is 6.59. The average Bonchev–Trinajstić information content (AvgIpc) is 2.54. The second kappa shape index (κ2) is 6.74. The van der Waals surface area contributed by atoms with E-state index in [1.807, 2.05) is 13.8 Å². The zero-order chi connectivity index (χ0) is 11.1. The van der Waals surface area contributed by atoms with Gasteiger partial charge in [0.15, 0.2) is 0 Å². The van der Waals surface area contributed by atoms with Crippen LogP contribution < -0.4 is 5.32 Å². The standard InChI is InChI=1S/C8H13F2NO.C2H6/c1-5-2-3-6(4-5)11-8(12)7(9)10;1-2/h5-7H,2-4H2,1H3,(H,11,12);1-2H3. The lowest BCUT2D eigenvalue weighted by atomic mass is 10.1. The van der Waals surface area contributed by atoms with Gasteiger partial charge in [0.2, 0.25) is 0 Å². The lowest BCUT2D eigenvalue weighted by molar-refractivity contribution is -0.132. The minimum Gasteiger partial charge on any atom is -0.348 e. The summed E-state index contributed by atoms with van der Waals surface area (Å²) in [6.45, 7) is 6.06. The first kappa shape index (κ1) is 13.3. The highest BCUT2D eigenvalue weighted by molar-refractivity contribution is 5.79. The molecule has 14 heavy (non-hydrogen) atoms. The number of halogens is 2. The van der Waals surface area contributed by atoms with Gasteiger partial charge in [-0.1, -0.05) is 20.8 Å². The number of carbonyl (C=O) groups excluding carboxylic acids is 1. The van der Waals surface area contributed by atoms with Crippen molar-refractivity contribution in [2.75, 3.05) is 0 Å². The monoisotopic (exact) mass is 207 g/mol. The molecule has 0 heterocycles. The summed E-state index contributed by atoms with van der Waals surface area (Å²) < 4.78 is 23.5. The van der Waals surface area contributed by atoms with E-state index < -0.39 is 12.3 Å². The van der Waals surface area contributed by atoms with Crippen molar-refractivity contribution in [3.63, 3.8) is 0 Å². The smallest absolute Gasteiger partial charge is 0.315 e. The summed E-state index contributed by atoms with van der Waals surface area (Å²) in [5, 5.41) is 2.32. The van der Waals surface area contributed by atoms with Crippen LogP contribution in [0.25, 0.3) is 0 Å². The fourth-order valence-corrected chi connectivity index (χ4v) is 1.60. The highest BCUT2D eigenvalue weighted by Gasteiger charge is 2.25. The maximum atomic E-state index is 11.8. The molecule has 1 aliphatic carbocycles. The second-order valence-corrected chi connectivity index (χ2v) is 3.42. The first-order valence-electron chi connectivity index (χ1n) is 5.18. The third-order valence-electron chi connectivity index (χ3n) is 2.24. The number of rotatable bonds is 2. The number of nitrogens with one attached hydrogen (secondary N) is 1. The minimum absolute atomic E-state index is 0.0264. The van der Waals surface area contributed by atoms with E-state index in [4.69, 9.17) is 0 Å². The quantitative estimate of drug-likeness (QED) is 0.740. The molecule has 0 aromatic carbocycles. The van der Waals surface area contributed by atoms with E-state index in [1.54, 1.807) is 0 Å². The van der Waals surface area contributed by atoms with Crippen molar-refractivity contribution in [2.24, 2.45) is 5.92 Å². The van der Waals surface area contributed by atoms with Crippen molar-refractivity contribution in [1.29, 1.82) is 0 Å². The number of alkyl halides is 2. The van der Waals surface area contributed by atoms with Crippen LogP contribution in [-0.2, 0) is 4.79 Å². The predicted molar refractivity (Wildman–Crippen MR) is 52.3 cm³/mol. The average molecular weight is 207 g/mol. The second-order valence-electron chi connectivity index (χ2n) is 3.42. The van der Waals surface area contributed by atoms with E-state index in [0.717, 1.165) is 19.3 Å². The maximum Gasteiger partial charge on any atom is 0.315 e. The van der Waals surface area contributed by atoms with Crippen LogP contribution in [0.5, 0.6) is 0 Å². The van der Waals surface area contributed by atoms with Crippen LogP contribution in [0.15, 0.2) is 0 Å². The fourth-order valence-electron chi connectivity index (χ4n) is 1.60. The zero-order valence-corrected chi connectivity index (χ0v) is 9.02. The number of hydrogen-bond acceptors (Lipinski definition) is 1. The minimum atomic E-state index is -2.87. The molecule has 1 fully saturated rings. The molecule has 0 bridgehead atoms. The van der Waals surface area contributed by atoms with Crippen LogP contribution >= 0.6 is 0 Å². The molecule has 84 valence electrons. The molecule has 1 saturated carbocycles. The van der Waals surface area contributed by atoms with Gasteiger partial charge < -0.3 is 5.32 Å². The zero-order valence-electron chi connectivity index (χ0n) is 9.02. The molecule has 0 radical (unpaired) electrons. The summed E-state index contributed by atoms with van der Waals surface area (Å²) in [5.74, 6) is -0.581. The molecule has 2 unspecified atom stereocenters. The van der Waals surface area contributed by atoms with Crippen LogP contribution in [0.2, 0.25) is 0 Å². The van der Waals surface area contributed by atoms with Gasteiger partial charge in [0, 0.05) is 6.04 Å². The van der Waals surface area contributed by atoms with E-state index >= 15 is 0 Å². The topological polar surface area (TPSA) is 29.1 Å². The summed E-state index contributed by atoms with van der Waals surface area (Å²) >= 11 is 0. The summed E-state index contributed by atoms with van der Waals surface area (Å²) in [4.78, 5) is 10.5. The van der Waals surface area contributed by atoms with E-state index in [1.165, 1.54) is 0 Å². The molecule has 1 amide bonds. The normalized spacial score (nSPS) is 25.6. The van der Waals surface area contributed by atoms with Gasteiger partial charge in [0.25, 0.3) is 5.91 Å². The summed E-state index contributed by atoms with van der Waals surface area (Å²) in [6.07, 6.45) is -0.187. The molecule has 0 aromatic heterocycles. The lowest BCUT2D eigenvalue weighted by Crippen LogP contribution is -2.36. The van der Waals surface area contributed by atoms with Gasteiger partial charge in [-0.25, -0.2) is 0 Å². The van der Waals surface area contributed by atoms with E-state index in [-0.39, 0.29) is 6.04 Å². The third kappa shape index (κ3) is 4.53. The Balaban J connectivity index is 0.000000791. The number of amides is 1. The third-order valence-corrected chi connectivity index (χ3v) is 2.24. The Labute approximate surface area is 84.1 Å². The Morgan fingerprint density at radius 3 is 2.29 bits per heavy atom. The van der Waals surface area contributed by atoms with Crippen LogP contribution in [0, 0.1) is 5.92 Å². The van der Waals surface area contributed by atoms with E-state index in [0.29, 0.717) is 5.92 Å². The molecule has 0 spiro atoms. The van der Waals surface area contributed by atoms with Crippen LogP contribution in [-0.4, -0.2) is 18.4 Å². The molecule has 0 aromatic rings. The first-order valence-corrected chi connectivity index (χ1v) is 5.18. The summed E-state index contributed by atoms with van der Waals surface area (Å²) in [7, 11) is 0. The Morgan fingerprint density at radius 2 is 1.93 bits per heavy atom. The van der Waals surface area contributed by atoms with Crippen molar-refractivity contribution in [3.05, 3.63) is 0 Å². The van der Waals surface area contributed by atoms with Gasteiger partial charge in [-0.2, -0.15) is 8.78 Å². The molecule has 0 aliphatic heterocycles. The molecule has 1 aliphatic rings. The molecule has 0 saturated heterocycles. The van der Waals surface area contributed by atoms with Crippen LogP contribution in [0.4, 0.5) is 8.78 Å². The van der Waals surface area contributed by atoms with Gasteiger partial charge in [-0.05, 0) is 25.2 Å². The van der Waals surface area contributed by atoms with Crippen molar-refractivity contribution >= 4 is 5.91 Å². The highest BCUT2D eigenvalue weighted by Crippen LogP contribution is 2.24. The largest absolute Gasteiger partial charge is 0.348 e. The fraction of sp³-hybridized carbons (Fsp3) is 0.900. The SMILES string of the molecule is CC.CC1CCC(NC(=O)C(F)F)C1. The van der Waals surface area contributed by atoms with E-state index in [9.17, 15) is 13.6 Å². The van der Waals surface area contributed by atoms with Crippen molar-refractivity contribution in [1.82, 2.24) is 5.32 Å². The van der Waals surface area contributed by atoms with Gasteiger partial charge in [0.1, 0.15) is 0 Å². The Morgan fingerprint density at radius 1 is 1.36 bits per heavy atom. The van der Waals surface area contributed by atoms with Gasteiger partial charge in [-0.15, -0.1) is 0 Å². The molecular formula is C10H19F2NO. The van der Waals surface area contributed by atoms with Crippen LogP contribution in [0.3, 0.4) is 0 Å². The summed E-state index contributed by atoms with van der Waals surface area (Å²) in [5.41, 5.74) is 0. The molecule has 1 rings (SSSR count). The van der Waals surface area contributed by atoms with Crippen LogP contribution in [0.1, 0.15) is 40.0 Å².